The molecule has 0 unspecified atom stereocenters. The van der Waals surface area contributed by atoms with Crippen LogP contribution in [0, 0.1) is 0 Å². The van der Waals surface area contributed by atoms with Crippen LogP contribution in [0.4, 0.5) is 0 Å². The fourth-order valence-electron chi connectivity index (χ4n) is 0.668. The maximum Gasteiger partial charge on any atom is 2.00 e. The third kappa shape index (κ3) is 33.9. The van der Waals surface area contributed by atoms with Crippen LogP contribution in [0.5, 0.6) is 0 Å². The topological polar surface area (TPSA) is 48.1 Å². The van der Waals surface area contributed by atoms with Gasteiger partial charge in [0.15, 0.2) is 0 Å². The van der Waals surface area contributed by atoms with E-state index < -0.39 is 0 Å². The van der Waals surface area contributed by atoms with Crippen molar-refractivity contribution in [1.82, 2.24) is 21.3 Å². The average molecular weight is 488 g/mol. The van der Waals surface area contributed by atoms with Crippen LogP contribution in [0.1, 0.15) is 0 Å². The second-order valence-corrected chi connectivity index (χ2v) is 7.36. The Morgan fingerprint density at radius 3 is 1.10 bits per heavy atom. The molecule has 0 heterocycles. The van der Waals surface area contributed by atoms with Crippen LogP contribution in [0.3, 0.4) is 0 Å². The van der Waals surface area contributed by atoms with E-state index >= 15 is 0 Å². The SMILES string of the molecule is S=C([S-])NCCNC(=S)S.S=C([S-])NCCNC(=S)S.[Zn+2]. The Balaban J connectivity index is -0.000000295. The molecule has 0 aliphatic carbocycles. The molecule has 0 atom stereocenters. The summed E-state index contributed by atoms with van der Waals surface area (Å²) >= 11 is 35.4. The molecular formula is C8H14N4S8Zn. The van der Waals surface area contributed by atoms with E-state index in [0.29, 0.717) is 43.5 Å². The molecule has 0 rings (SSSR count). The summed E-state index contributed by atoms with van der Waals surface area (Å²) in [6.07, 6.45) is 0. The van der Waals surface area contributed by atoms with E-state index in [1.165, 1.54) is 0 Å². The molecular weight excluding hydrogens is 474 g/mol. The molecule has 0 spiro atoms. The van der Waals surface area contributed by atoms with Crippen molar-refractivity contribution in [3.63, 3.8) is 0 Å². The van der Waals surface area contributed by atoms with Crippen molar-refractivity contribution in [2.75, 3.05) is 26.2 Å². The minimum absolute atomic E-state index is 0. The van der Waals surface area contributed by atoms with Crippen molar-refractivity contribution in [2.45, 2.75) is 0 Å². The molecule has 4 N–H and O–H groups in total. The predicted molar refractivity (Wildman–Crippen MR) is 115 cm³/mol. The quantitative estimate of drug-likeness (QED) is 0.104. The van der Waals surface area contributed by atoms with E-state index in [1.807, 2.05) is 0 Å². The van der Waals surface area contributed by atoms with Crippen molar-refractivity contribution >= 4 is 117 Å². The van der Waals surface area contributed by atoms with Crippen molar-refractivity contribution in [3.8, 4) is 0 Å². The van der Waals surface area contributed by atoms with Crippen LogP contribution < -0.4 is 21.3 Å². The summed E-state index contributed by atoms with van der Waals surface area (Å²) in [5, 5.41) is 11.2. The Bertz CT molecular complexity index is 276. The molecule has 0 aliphatic heterocycles. The van der Waals surface area contributed by atoms with E-state index in [1.54, 1.807) is 0 Å². The molecule has 116 valence electrons. The van der Waals surface area contributed by atoms with Gasteiger partial charge < -0.3 is 71.0 Å². The third-order valence-electron chi connectivity index (χ3n) is 1.34. The average Bonchev–Trinajstić information content (AvgIpc) is 2.30. The number of hydrogen-bond acceptors (Lipinski definition) is 6. The van der Waals surface area contributed by atoms with E-state index in [4.69, 9.17) is 0 Å². The summed E-state index contributed by atoms with van der Waals surface area (Å²) in [5.74, 6) is 0. The Morgan fingerprint density at radius 1 is 0.667 bits per heavy atom. The van der Waals surface area contributed by atoms with Crippen LogP contribution in [0.15, 0.2) is 0 Å². The summed E-state index contributed by atoms with van der Waals surface area (Å²) in [6.45, 7) is 2.75. The second-order valence-electron chi connectivity index (χ2n) is 2.89. The zero-order valence-corrected chi connectivity index (χ0v) is 20.5. The van der Waals surface area contributed by atoms with Gasteiger partial charge in [-0.25, -0.2) is 0 Å². The second kappa shape index (κ2) is 19.4. The number of hydrogen-bond donors (Lipinski definition) is 6. The minimum Gasteiger partial charge on any atom is -0.412 e. The molecule has 13 heteroatoms. The third-order valence-corrected chi connectivity index (χ3v) is 2.52. The largest absolute Gasteiger partial charge is 2.00 e. The van der Waals surface area contributed by atoms with E-state index in [2.05, 4.69) is 121 Å². The van der Waals surface area contributed by atoms with Gasteiger partial charge in [-0.3, -0.25) is 0 Å². The van der Waals surface area contributed by atoms with Gasteiger partial charge in [-0.1, -0.05) is 33.1 Å². The van der Waals surface area contributed by atoms with E-state index in [9.17, 15) is 0 Å². The molecule has 0 saturated heterocycles. The Kier molecular flexibility index (Phi) is 25.1. The van der Waals surface area contributed by atoms with Gasteiger partial charge in [-0.15, -0.1) is 25.3 Å². The van der Waals surface area contributed by atoms with Gasteiger partial charge >= 0.3 is 19.5 Å². The van der Waals surface area contributed by atoms with E-state index in [-0.39, 0.29) is 19.5 Å². The number of nitrogens with one attached hydrogen (secondary N) is 4. The number of thiocarbonyl (C=S) groups is 4. The molecule has 0 aromatic rings. The van der Waals surface area contributed by atoms with Gasteiger partial charge in [0.05, 0.1) is 0 Å². The Hall–Kier alpha value is 1.32. The summed E-state index contributed by atoms with van der Waals surface area (Å²) in [5.41, 5.74) is 0. The molecule has 0 saturated carbocycles. The van der Waals surface area contributed by atoms with Crippen LogP contribution in [-0.2, 0) is 44.7 Å². The first-order valence-electron chi connectivity index (χ1n) is 5.09. The van der Waals surface area contributed by atoms with Gasteiger partial charge in [-0.05, 0) is 0 Å². The van der Waals surface area contributed by atoms with Gasteiger partial charge in [-0.2, -0.15) is 0 Å². The molecule has 0 aliphatic rings. The molecule has 4 nitrogen and oxygen atoms in total. The summed E-state index contributed by atoms with van der Waals surface area (Å²) in [7, 11) is 0. The van der Waals surface area contributed by atoms with Crippen LogP contribution in [-0.4, -0.2) is 43.5 Å². The van der Waals surface area contributed by atoms with Crippen LogP contribution in [0.2, 0.25) is 0 Å². The monoisotopic (exact) mass is 486 g/mol. The van der Waals surface area contributed by atoms with Gasteiger partial charge in [0.2, 0.25) is 0 Å². The minimum atomic E-state index is 0. The normalized spacial score (nSPS) is 8.10. The first-order valence-corrected chi connectivity index (χ1v) is 8.43. The molecule has 0 aromatic heterocycles. The van der Waals surface area contributed by atoms with E-state index in [0.717, 1.165) is 0 Å². The summed E-state index contributed by atoms with van der Waals surface area (Å²) in [6, 6.07) is 0. The van der Waals surface area contributed by atoms with Gasteiger partial charge in [0, 0.05) is 26.2 Å². The smallest absolute Gasteiger partial charge is 0.412 e. The predicted octanol–water partition coefficient (Wildman–Crippen LogP) is 0.422. The Labute approximate surface area is 181 Å². The van der Waals surface area contributed by atoms with Gasteiger partial charge in [0.1, 0.15) is 8.64 Å². The summed E-state index contributed by atoms with van der Waals surface area (Å²) < 4.78 is 1.73. The zero-order chi connectivity index (χ0) is 16.0. The summed E-state index contributed by atoms with van der Waals surface area (Å²) in [4.78, 5) is 0. The van der Waals surface area contributed by atoms with Crippen LogP contribution >= 0.6 is 74.1 Å². The number of thiol groups is 2. The maximum absolute atomic E-state index is 4.64. The molecule has 0 radical (unpaired) electrons. The standard InChI is InChI=1S/2C4H8N2S4.Zn/c2*7-3(8)5-1-2-6-4(9)10;/h2*1-2H2,(H2,5,7,8)(H2,6,9,10);/q;;+2/p-2. The molecule has 0 fully saturated rings. The Morgan fingerprint density at radius 2 is 0.905 bits per heavy atom. The van der Waals surface area contributed by atoms with Crippen molar-refractivity contribution in [3.05, 3.63) is 0 Å². The van der Waals surface area contributed by atoms with Crippen LogP contribution in [0.25, 0.3) is 0 Å². The molecule has 0 amide bonds. The molecule has 21 heavy (non-hydrogen) atoms. The number of rotatable bonds is 6. The maximum atomic E-state index is 4.64. The first-order chi connectivity index (χ1) is 9.25. The van der Waals surface area contributed by atoms with Crippen molar-refractivity contribution < 1.29 is 19.5 Å². The van der Waals surface area contributed by atoms with Gasteiger partial charge in [0.25, 0.3) is 0 Å². The fourth-order valence-corrected chi connectivity index (χ4v) is 1.50. The molecule has 0 aromatic carbocycles. The molecule has 0 bridgehead atoms. The zero-order valence-electron chi connectivity index (χ0n) is 10.9. The fraction of sp³-hybridized carbons (Fsp3) is 0.500. The first kappa shape index (κ1) is 27.2. The van der Waals surface area contributed by atoms with Crippen molar-refractivity contribution in [2.24, 2.45) is 0 Å². The van der Waals surface area contributed by atoms with Crippen molar-refractivity contribution in [1.29, 1.82) is 0 Å².